The van der Waals surface area contributed by atoms with Crippen molar-refractivity contribution in [3.63, 3.8) is 0 Å². The lowest BCUT2D eigenvalue weighted by atomic mass is 9.93. The molecule has 164 valence electrons. The van der Waals surface area contributed by atoms with Crippen molar-refractivity contribution in [3.05, 3.63) is 35.5 Å². The van der Waals surface area contributed by atoms with Crippen molar-refractivity contribution < 1.29 is 23.9 Å². The van der Waals surface area contributed by atoms with Crippen molar-refractivity contribution in [1.29, 1.82) is 0 Å². The molecular weight excluding hydrogens is 384 g/mol. The summed E-state index contributed by atoms with van der Waals surface area (Å²) in [6.07, 6.45) is 1.92. The fourth-order valence-electron chi connectivity index (χ4n) is 3.89. The molecule has 0 spiro atoms. The van der Waals surface area contributed by atoms with E-state index < -0.39 is 17.9 Å². The lowest BCUT2D eigenvalue weighted by Crippen LogP contribution is -2.42. The molecule has 1 aromatic carbocycles. The molecule has 1 heterocycles. The van der Waals surface area contributed by atoms with E-state index in [1.54, 1.807) is 32.2 Å². The molecular formula is C23H32N2O5. The predicted octanol–water partition coefficient (Wildman–Crippen LogP) is 3.57. The largest absolute Gasteiger partial charge is 0.465 e. The number of benzene rings is 1. The molecule has 1 aromatic heterocycles. The Morgan fingerprint density at radius 1 is 0.967 bits per heavy atom. The summed E-state index contributed by atoms with van der Waals surface area (Å²) in [6, 6.07) is 5.46. The van der Waals surface area contributed by atoms with E-state index in [0.717, 1.165) is 11.1 Å². The van der Waals surface area contributed by atoms with Gasteiger partial charge in [-0.1, -0.05) is 12.1 Å². The molecule has 0 unspecified atom stereocenters. The second-order valence-corrected chi connectivity index (χ2v) is 7.69. The number of aromatic nitrogens is 1. The third-order valence-electron chi connectivity index (χ3n) is 4.92. The fraction of sp³-hybridized carbons (Fsp3) is 0.522. The van der Waals surface area contributed by atoms with Crippen LogP contribution in [0.5, 0.6) is 0 Å². The van der Waals surface area contributed by atoms with E-state index in [9.17, 15) is 14.4 Å². The summed E-state index contributed by atoms with van der Waals surface area (Å²) in [5.74, 6) is -2.54. The maximum Gasteiger partial charge on any atom is 0.324 e. The van der Waals surface area contributed by atoms with Crippen LogP contribution in [0.2, 0.25) is 0 Å². The second-order valence-electron chi connectivity index (χ2n) is 7.69. The Balaban J connectivity index is 2.54. The number of esters is 2. The topological polar surface area (TPSA) is 88.7 Å². The van der Waals surface area contributed by atoms with Gasteiger partial charge in [0.05, 0.1) is 19.6 Å². The number of hydrogen-bond acceptors (Lipinski definition) is 5. The number of fused-ring (bicyclic) bond motifs is 1. The molecule has 0 bridgehead atoms. The zero-order chi connectivity index (χ0) is 22.4. The van der Waals surface area contributed by atoms with Gasteiger partial charge in [-0.3, -0.25) is 14.4 Å². The number of hydrogen-bond donors (Lipinski definition) is 1. The number of H-pyrrole nitrogens is 1. The van der Waals surface area contributed by atoms with Crippen LogP contribution in [0.1, 0.15) is 58.6 Å². The third-order valence-corrected chi connectivity index (χ3v) is 4.92. The molecule has 0 radical (unpaired) electrons. The Kier molecular flexibility index (Phi) is 8.03. The van der Waals surface area contributed by atoms with Crippen LogP contribution in [0.25, 0.3) is 10.9 Å². The summed E-state index contributed by atoms with van der Waals surface area (Å²) in [6.45, 7) is 11.6. The SMILES string of the molecule is CCOC(=O)C(C(=O)OCC)c1cccc2[nH]cc(CC(=O)N(C(C)C)C(C)C)c12. The minimum atomic E-state index is -1.20. The Hall–Kier alpha value is -2.83. The van der Waals surface area contributed by atoms with Crippen LogP contribution in [0.15, 0.2) is 24.4 Å². The van der Waals surface area contributed by atoms with Crippen molar-refractivity contribution in [2.45, 2.75) is 66.0 Å². The number of ether oxygens (including phenoxy) is 2. The molecule has 2 rings (SSSR count). The molecule has 7 heteroatoms. The molecule has 0 atom stereocenters. The Morgan fingerprint density at radius 2 is 1.53 bits per heavy atom. The summed E-state index contributed by atoms with van der Waals surface area (Å²) in [5.41, 5.74) is 1.96. The van der Waals surface area contributed by atoms with Gasteiger partial charge >= 0.3 is 11.9 Å². The second kappa shape index (κ2) is 10.3. The summed E-state index contributed by atoms with van der Waals surface area (Å²) in [5, 5.41) is 0.685. The van der Waals surface area contributed by atoms with Crippen LogP contribution in [0, 0.1) is 0 Å². The molecule has 0 aliphatic heterocycles. The summed E-state index contributed by atoms with van der Waals surface area (Å²) in [7, 11) is 0. The highest BCUT2D eigenvalue weighted by Crippen LogP contribution is 2.31. The Morgan fingerprint density at radius 3 is 2.03 bits per heavy atom. The lowest BCUT2D eigenvalue weighted by Gasteiger charge is -2.31. The van der Waals surface area contributed by atoms with Gasteiger partial charge in [-0.15, -0.1) is 0 Å². The molecule has 7 nitrogen and oxygen atoms in total. The van der Waals surface area contributed by atoms with Crippen LogP contribution in [-0.2, 0) is 30.3 Å². The van der Waals surface area contributed by atoms with Crippen molar-refractivity contribution in [2.24, 2.45) is 0 Å². The van der Waals surface area contributed by atoms with Crippen molar-refractivity contribution in [3.8, 4) is 0 Å². The van der Waals surface area contributed by atoms with E-state index in [4.69, 9.17) is 9.47 Å². The molecule has 1 amide bonds. The summed E-state index contributed by atoms with van der Waals surface area (Å²) in [4.78, 5) is 43.3. The quantitative estimate of drug-likeness (QED) is 0.499. The van der Waals surface area contributed by atoms with Gasteiger partial charge in [-0.2, -0.15) is 0 Å². The lowest BCUT2D eigenvalue weighted by molar-refractivity contribution is -0.156. The van der Waals surface area contributed by atoms with Crippen LogP contribution in [0.4, 0.5) is 0 Å². The van der Waals surface area contributed by atoms with Gasteiger partial charge in [0.25, 0.3) is 0 Å². The van der Waals surface area contributed by atoms with E-state index in [1.165, 1.54) is 0 Å². The van der Waals surface area contributed by atoms with Crippen molar-refractivity contribution >= 4 is 28.7 Å². The molecule has 0 saturated heterocycles. The number of nitrogens with one attached hydrogen (secondary N) is 1. The standard InChI is InChI=1S/C23H32N2O5/c1-7-29-22(27)21(23(28)30-8-2)17-10-9-11-18-20(17)16(13-24-18)12-19(26)25(14(3)4)15(5)6/h9-11,13-15,21,24H,7-8,12H2,1-6H3. The molecule has 0 saturated carbocycles. The van der Waals surface area contributed by atoms with Gasteiger partial charge in [0, 0.05) is 29.2 Å². The predicted molar refractivity (Wildman–Crippen MR) is 115 cm³/mol. The zero-order valence-electron chi connectivity index (χ0n) is 18.7. The van der Waals surface area contributed by atoms with E-state index in [2.05, 4.69) is 4.98 Å². The molecule has 0 aliphatic carbocycles. The van der Waals surface area contributed by atoms with E-state index in [0.29, 0.717) is 10.9 Å². The molecule has 1 N–H and O–H groups in total. The van der Waals surface area contributed by atoms with Crippen molar-refractivity contribution in [1.82, 2.24) is 9.88 Å². The average molecular weight is 417 g/mol. The first-order valence-corrected chi connectivity index (χ1v) is 10.5. The van der Waals surface area contributed by atoms with E-state index in [-0.39, 0.29) is 37.6 Å². The van der Waals surface area contributed by atoms with Crippen LogP contribution in [0.3, 0.4) is 0 Å². The van der Waals surface area contributed by atoms with Gasteiger partial charge in [0.2, 0.25) is 5.91 Å². The van der Waals surface area contributed by atoms with Crippen LogP contribution in [-0.4, -0.2) is 53.0 Å². The highest BCUT2D eigenvalue weighted by atomic mass is 16.6. The first-order chi connectivity index (χ1) is 14.2. The van der Waals surface area contributed by atoms with E-state index >= 15 is 0 Å². The highest BCUT2D eigenvalue weighted by molar-refractivity contribution is 6.05. The zero-order valence-corrected chi connectivity index (χ0v) is 18.7. The third kappa shape index (κ3) is 5.01. The number of aromatic amines is 1. The number of amides is 1. The number of carbonyl (C=O) groups is 3. The minimum Gasteiger partial charge on any atom is -0.465 e. The molecule has 0 fully saturated rings. The number of carbonyl (C=O) groups excluding carboxylic acids is 3. The monoisotopic (exact) mass is 416 g/mol. The fourth-order valence-corrected chi connectivity index (χ4v) is 3.89. The first kappa shape index (κ1) is 23.4. The van der Waals surface area contributed by atoms with Gasteiger partial charge in [-0.05, 0) is 58.7 Å². The average Bonchev–Trinajstić information content (AvgIpc) is 3.05. The van der Waals surface area contributed by atoms with Crippen LogP contribution < -0.4 is 0 Å². The highest BCUT2D eigenvalue weighted by Gasteiger charge is 2.34. The van der Waals surface area contributed by atoms with E-state index in [1.807, 2.05) is 38.7 Å². The van der Waals surface area contributed by atoms with Gasteiger partial charge in [0.1, 0.15) is 0 Å². The molecule has 2 aromatic rings. The van der Waals surface area contributed by atoms with Crippen molar-refractivity contribution in [2.75, 3.05) is 13.2 Å². The maximum absolute atomic E-state index is 13.0. The van der Waals surface area contributed by atoms with Gasteiger partial charge in [-0.25, -0.2) is 0 Å². The number of rotatable bonds is 9. The van der Waals surface area contributed by atoms with Gasteiger partial charge < -0.3 is 19.4 Å². The summed E-state index contributed by atoms with van der Waals surface area (Å²) < 4.78 is 10.3. The van der Waals surface area contributed by atoms with Gasteiger partial charge in [0.15, 0.2) is 5.92 Å². The molecule has 0 aliphatic rings. The maximum atomic E-state index is 13.0. The smallest absolute Gasteiger partial charge is 0.324 e. The Bertz CT molecular complexity index is 874. The Labute approximate surface area is 177 Å². The first-order valence-electron chi connectivity index (χ1n) is 10.5. The normalized spacial score (nSPS) is 11.4. The minimum absolute atomic E-state index is 0.0143. The van der Waals surface area contributed by atoms with Crippen LogP contribution >= 0.6 is 0 Å². The molecule has 30 heavy (non-hydrogen) atoms. The number of nitrogens with zero attached hydrogens (tertiary/aromatic N) is 1. The summed E-state index contributed by atoms with van der Waals surface area (Å²) >= 11 is 0.